The van der Waals surface area contributed by atoms with Crippen LogP contribution in [0.2, 0.25) is 0 Å². The molecule has 3 saturated heterocycles. The lowest BCUT2D eigenvalue weighted by molar-refractivity contribution is -0.142. The summed E-state index contributed by atoms with van der Waals surface area (Å²) >= 11 is 0. The van der Waals surface area contributed by atoms with Crippen molar-refractivity contribution in [3.8, 4) is 0 Å². The average molecular weight is 1210 g/mol. The van der Waals surface area contributed by atoms with E-state index >= 15 is 0 Å². The van der Waals surface area contributed by atoms with Crippen LogP contribution in [-0.2, 0) is 47.9 Å². The van der Waals surface area contributed by atoms with Gasteiger partial charge in [0.1, 0.15) is 36.3 Å². The molecule has 10 amide bonds. The first-order valence-corrected chi connectivity index (χ1v) is 33.3. The standard InChI is InChI=1S/C64H116N12O10/c1-11-13-15-17-19-25-51-63(85)75-33-23-29-53(75)61(83)69-45(35-41(3)4)37-55(77)72-50(28-22-32-66)60(82)68-40-48(44(9)10)58(80)74-52(26-20-18-16-14-12-2)64(86)76-34-24-30-54(76)62(84)70-46(36-42(5)6)38-56(78)71-49(27-21-31-65)59(81)67-39-47(43(7)8)57(79)73-51/h41-54H,11-40,65-66H2,1-10H3,(H,67,81)(H,68,82)(H,69,83)(H,70,84)(H,71,78)(H,72,77)(H,73,79)(H,74,80)/t45-,46-,47-,48-,49+,50+,51+,52+,53-,54-/m0/s1. The van der Waals surface area contributed by atoms with E-state index in [4.69, 9.17) is 11.5 Å². The molecule has 0 aromatic carbocycles. The zero-order valence-electron chi connectivity index (χ0n) is 54.4. The molecule has 22 nitrogen and oxygen atoms in total. The summed E-state index contributed by atoms with van der Waals surface area (Å²) in [5.41, 5.74) is 11.8. The van der Waals surface area contributed by atoms with Gasteiger partial charge in [0.05, 0.1) is 11.8 Å². The average Bonchev–Trinajstić information content (AvgIpc) is 2.57. The number of carbonyl (C=O) groups excluding carboxylic acids is 10. The third kappa shape index (κ3) is 26.1. The molecule has 0 aromatic heterocycles. The highest BCUT2D eigenvalue weighted by molar-refractivity contribution is 5.95. The Bertz CT molecular complexity index is 2000. The molecule has 22 heteroatoms. The van der Waals surface area contributed by atoms with Gasteiger partial charge in [-0.25, -0.2) is 0 Å². The fourth-order valence-corrected chi connectivity index (χ4v) is 12.2. The van der Waals surface area contributed by atoms with Crippen molar-refractivity contribution in [2.45, 2.75) is 272 Å². The Morgan fingerprint density at radius 1 is 0.419 bits per heavy atom. The SMILES string of the molecule is CCCCCCC[C@H]1NC(=O)[C@H](C(C)C)CNC(=O)[C@@H](CCCN)NC(=O)C[C@H](CC(C)C)NC(=O)[C@@H]2CCCN2C(=O)[C@@H](CCCCCCC)NC(=O)[C@H](C(C)C)CNC(=O)[C@@H](CCCN)NC(=O)C[C@H](CC(C)C)NC(=O)[C@@H]2CCCN2C1=O. The van der Waals surface area contributed by atoms with Crippen molar-refractivity contribution in [3.05, 3.63) is 0 Å². The fraction of sp³-hybridized carbons (Fsp3) is 0.844. The van der Waals surface area contributed by atoms with E-state index in [9.17, 15) is 47.9 Å². The Morgan fingerprint density at radius 3 is 1.09 bits per heavy atom. The molecular formula is C64H116N12O10. The summed E-state index contributed by atoms with van der Waals surface area (Å²) in [4.78, 5) is 147. The second kappa shape index (κ2) is 40.2. The molecule has 3 fully saturated rings. The number of hydrogen-bond acceptors (Lipinski definition) is 12. The van der Waals surface area contributed by atoms with Crippen molar-refractivity contribution in [1.29, 1.82) is 0 Å². The summed E-state index contributed by atoms with van der Waals surface area (Å²) in [6, 6.07) is -7.04. The first-order valence-electron chi connectivity index (χ1n) is 33.3. The van der Waals surface area contributed by atoms with Gasteiger partial charge in [0, 0.05) is 51.1 Å². The molecular weight excluding hydrogens is 1100 g/mol. The molecule has 3 aliphatic heterocycles. The minimum Gasteiger partial charge on any atom is -0.354 e. The van der Waals surface area contributed by atoms with Crippen LogP contribution in [0.1, 0.15) is 223 Å². The number of nitrogens with two attached hydrogens (primary N) is 2. The molecule has 12 N–H and O–H groups in total. The van der Waals surface area contributed by atoms with Crippen LogP contribution in [0.5, 0.6) is 0 Å². The number of nitrogens with zero attached hydrogens (tertiary/aromatic N) is 2. The molecule has 86 heavy (non-hydrogen) atoms. The molecule has 10 atom stereocenters. The Kier molecular flexibility index (Phi) is 35.0. The number of fused-ring (bicyclic) bond motifs is 2. The molecule has 0 aliphatic carbocycles. The summed E-state index contributed by atoms with van der Waals surface area (Å²) in [5, 5.41) is 23.8. The van der Waals surface area contributed by atoms with Crippen LogP contribution in [0.25, 0.3) is 0 Å². The first kappa shape index (κ1) is 74.9. The maximum Gasteiger partial charge on any atom is 0.245 e. The number of carbonyl (C=O) groups is 10. The van der Waals surface area contributed by atoms with Crippen molar-refractivity contribution in [2.75, 3.05) is 39.3 Å². The van der Waals surface area contributed by atoms with Crippen molar-refractivity contribution in [2.24, 2.45) is 47.0 Å². The molecule has 3 heterocycles. The maximum atomic E-state index is 14.8. The summed E-state index contributed by atoms with van der Waals surface area (Å²) in [5.74, 6) is -6.55. The van der Waals surface area contributed by atoms with Crippen molar-refractivity contribution in [3.63, 3.8) is 0 Å². The Morgan fingerprint density at radius 2 is 0.767 bits per heavy atom. The lowest BCUT2D eigenvalue weighted by Gasteiger charge is -2.32. The van der Waals surface area contributed by atoms with Gasteiger partial charge in [0.2, 0.25) is 59.1 Å². The molecule has 492 valence electrons. The molecule has 0 unspecified atom stereocenters. The van der Waals surface area contributed by atoms with Gasteiger partial charge < -0.3 is 63.8 Å². The van der Waals surface area contributed by atoms with Gasteiger partial charge in [-0.2, -0.15) is 0 Å². The quantitative estimate of drug-likeness (QED) is 0.0587. The number of amides is 10. The highest BCUT2D eigenvalue weighted by atomic mass is 16.2. The molecule has 0 saturated carbocycles. The second-order valence-electron chi connectivity index (χ2n) is 26.3. The highest BCUT2D eigenvalue weighted by Gasteiger charge is 2.42. The Balaban J connectivity index is 2.11. The number of hydrogen-bond donors (Lipinski definition) is 10. The molecule has 0 spiro atoms. The number of rotatable bonds is 24. The van der Waals surface area contributed by atoms with Crippen LogP contribution < -0.4 is 54.0 Å². The van der Waals surface area contributed by atoms with E-state index in [-0.39, 0.29) is 100 Å². The zero-order chi connectivity index (χ0) is 63.9. The predicted molar refractivity (Wildman–Crippen MR) is 335 cm³/mol. The minimum atomic E-state index is -1.02. The monoisotopic (exact) mass is 1210 g/mol. The smallest absolute Gasteiger partial charge is 0.245 e. The molecule has 0 radical (unpaired) electrons. The van der Waals surface area contributed by atoms with Gasteiger partial charge >= 0.3 is 0 Å². The van der Waals surface area contributed by atoms with E-state index < -0.39 is 107 Å². The minimum absolute atomic E-state index is 0.0480. The Hall–Kier alpha value is -5.38. The lowest BCUT2D eigenvalue weighted by atomic mass is 9.93. The second-order valence-corrected chi connectivity index (χ2v) is 26.3. The van der Waals surface area contributed by atoms with Gasteiger partial charge in [0.25, 0.3) is 0 Å². The number of nitrogens with one attached hydrogen (secondary N) is 8. The highest BCUT2D eigenvalue weighted by Crippen LogP contribution is 2.25. The largest absolute Gasteiger partial charge is 0.354 e. The summed E-state index contributed by atoms with van der Waals surface area (Å²) in [6.45, 7) is 20.4. The fourth-order valence-electron chi connectivity index (χ4n) is 12.2. The van der Waals surface area contributed by atoms with Gasteiger partial charge in [0.15, 0.2) is 0 Å². The third-order valence-corrected chi connectivity index (χ3v) is 17.1. The van der Waals surface area contributed by atoms with E-state index in [1.165, 1.54) is 9.80 Å². The van der Waals surface area contributed by atoms with Gasteiger partial charge in [-0.05, 0) is 114 Å². The van der Waals surface area contributed by atoms with Gasteiger partial charge in [-0.15, -0.1) is 0 Å². The van der Waals surface area contributed by atoms with Gasteiger partial charge in [-0.3, -0.25) is 47.9 Å². The molecule has 3 rings (SSSR count). The van der Waals surface area contributed by atoms with Crippen LogP contribution in [0.15, 0.2) is 0 Å². The number of unbranched alkanes of at least 4 members (excludes halogenated alkanes) is 8. The van der Waals surface area contributed by atoms with E-state index in [1.54, 1.807) is 0 Å². The molecule has 0 bridgehead atoms. The van der Waals surface area contributed by atoms with Crippen LogP contribution >= 0.6 is 0 Å². The van der Waals surface area contributed by atoms with Crippen LogP contribution in [0.3, 0.4) is 0 Å². The molecule has 0 aromatic rings. The van der Waals surface area contributed by atoms with E-state index in [0.29, 0.717) is 77.0 Å². The summed E-state index contributed by atoms with van der Waals surface area (Å²) < 4.78 is 0. The van der Waals surface area contributed by atoms with Crippen molar-refractivity contribution < 1.29 is 47.9 Å². The van der Waals surface area contributed by atoms with Crippen LogP contribution in [0.4, 0.5) is 0 Å². The zero-order valence-corrected chi connectivity index (χ0v) is 54.4. The lowest BCUT2D eigenvalue weighted by Crippen LogP contribution is -2.57. The summed E-state index contributed by atoms with van der Waals surface area (Å²) in [6.07, 6.45) is 13.2. The topological polar surface area (TPSA) is 325 Å². The van der Waals surface area contributed by atoms with E-state index in [0.717, 1.165) is 51.4 Å². The van der Waals surface area contributed by atoms with E-state index in [2.05, 4.69) is 56.4 Å². The maximum absolute atomic E-state index is 14.8. The molecule has 3 aliphatic rings. The van der Waals surface area contributed by atoms with Gasteiger partial charge in [-0.1, -0.05) is 133 Å². The van der Waals surface area contributed by atoms with Crippen molar-refractivity contribution >= 4 is 59.1 Å². The third-order valence-electron chi connectivity index (χ3n) is 17.1. The van der Waals surface area contributed by atoms with Crippen LogP contribution in [0, 0.1) is 35.5 Å². The normalized spacial score (nSPS) is 26.6. The Labute approximate surface area is 515 Å². The van der Waals surface area contributed by atoms with Crippen molar-refractivity contribution in [1.82, 2.24) is 52.3 Å². The summed E-state index contributed by atoms with van der Waals surface area (Å²) in [7, 11) is 0. The van der Waals surface area contributed by atoms with E-state index in [1.807, 2.05) is 55.4 Å². The van der Waals surface area contributed by atoms with Crippen LogP contribution in [-0.4, -0.2) is 156 Å². The first-order chi connectivity index (χ1) is 41.0. The predicted octanol–water partition coefficient (Wildman–Crippen LogP) is 4.74.